The second-order valence-electron chi connectivity index (χ2n) is 6.47. The van der Waals surface area contributed by atoms with Gasteiger partial charge in [0.1, 0.15) is 0 Å². The topological polar surface area (TPSA) is 67.5 Å². The Bertz CT molecular complexity index is 372. The summed E-state index contributed by atoms with van der Waals surface area (Å²) < 4.78 is 0. The highest BCUT2D eigenvalue weighted by atomic mass is 16.2. The first-order chi connectivity index (χ1) is 7.78. The predicted octanol–water partition coefficient (Wildman–Crippen LogP) is 2.49. The van der Waals surface area contributed by atoms with Crippen LogP contribution >= 0.6 is 0 Å². The van der Waals surface area contributed by atoms with E-state index in [4.69, 9.17) is 5.73 Å². The second kappa shape index (κ2) is 3.72. The van der Waals surface area contributed by atoms with Crippen molar-refractivity contribution < 1.29 is 4.79 Å². The number of carbonyl (C=O) groups excluding carboxylic acids is 1. The van der Waals surface area contributed by atoms with Gasteiger partial charge in [-0.1, -0.05) is 20.8 Å². The zero-order valence-electron chi connectivity index (χ0n) is 11.2. The molecule has 2 amide bonds. The number of hydrogen-bond acceptors (Lipinski definition) is 2. The molecule has 4 nitrogen and oxygen atoms in total. The van der Waals surface area contributed by atoms with Crippen LogP contribution in [0.15, 0.2) is 5.10 Å². The molecule has 0 aliphatic heterocycles. The van der Waals surface area contributed by atoms with E-state index in [2.05, 4.69) is 31.3 Å². The molecule has 0 unspecified atom stereocenters. The highest BCUT2D eigenvalue weighted by Gasteiger charge is 2.60. The lowest BCUT2D eigenvalue weighted by atomic mass is 9.71. The van der Waals surface area contributed by atoms with Crippen molar-refractivity contribution in [2.24, 2.45) is 33.5 Å². The Morgan fingerprint density at radius 2 is 2.06 bits per heavy atom. The molecule has 0 spiro atoms. The number of urea groups is 1. The van der Waals surface area contributed by atoms with Gasteiger partial charge >= 0.3 is 6.03 Å². The molecule has 2 saturated carbocycles. The molecule has 0 aromatic carbocycles. The van der Waals surface area contributed by atoms with Gasteiger partial charge in [-0.15, -0.1) is 0 Å². The Labute approximate surface area is 103 Å². The van der Waals surface area contributed by atoms with Gasteiger partial charge in [0.25, 0.3) is 0 Å². The van der Waals surface area contributed by atoms with E-state index in [1.54, 1.807) is 0 Å². The largest absolute Gasteiger partial charge is 0.350 e. The van der Waals surface area contributed by atoms with Crippen molar-refractivity contribution in [2.45, 2.75) is 47.0 Å². The molecule has 0 heterocycles. The predicted molar refractivity (Wildman–Crippen MR) is 68.5 cm³/mol. The van der Waals surface area contributed by atoms with Crippen LogP contribution in [-0.2, 0) is 0 Å². The smallest absolute Gasteiger partial charge is 0.332 e. The number of primary amides is 1. The number of nitrogens with two attached hydrogens (primary N) is 1. The van der Waals surface area contributed by atoms with Crippen molar-refractivity contribution in [2.75, 3.05) is 0 Å². The summed E-state index contributed by atoms with van der Waals surface area (Å²) in [6.45, 7) is 9.14. The number of hydrogen-bond donors (Lipinski definition) is 2. The highest BCUT2D eigenvalue weighted by Crippen LogP contribution is 2.67. The van der Waals surface area contributed by atoms with Crippen molar-refractivity contribution >= 4 is 11.7 Å². The lowest BCUT2D eigenvalue weighted by Crippen LogP contribution is -2.29. The summed E-state index contributed by atoms with van der Waals surface area (Å²) in [7, 11) is 0. The van der Waals surface area contributed by atoms with E-state index >= 15 is 0 Å². The van der Waals surface area contributed by atoms with Crippen molar-refractivity contribution in [1.29, 1.82) is 0 Å². The minimum Gasteiger partial charge on any atom is -0.350 e. The standard InChI is InChI=1S/C13H23N3O/c1-8(15-16-11(14)17)9-7-13(4)6-5-10(9)12(13,2)3/h9-10H,5-7H2,1-4H3,(H3,14,16,17)/b15-8-/t9-,10-,13-/m1/s1. The quantitative estimate of drug-likeness (QED) is 0.562. The molecule has 2 bridgehead atoms. The summed E-state index contributed by atoms with van der Waals surface area (Å²) in [4.78, 5) is 10.7. The SMILES string of the molecule is C/C(=N/NC(N)=O)[C@H]1C[C@@]2(C)CC[C@H]1C2(C)C. The maximum Gasteiger partial charge on any atom is 0.332 e. The van der Waals surface area contributed by atoms with E-state index in [9.17, 15) is 4.79 Å². The second-order valence-corrected chi connectivity index (χ2v) is 6.47. The van der Waals surface area contributed by atoms with Gasteiger partial charge in [0.15, 0.2) is 0 Å². The van der Waals surface area contributed by atoms with Gasteiger partial charge in [-0.2, -0.15) is 5.10 Å². The van der Waals surface area contributed by atoms with E-state index in [1.807, 2.05) is 6.92 Å². The Balaban J connectivity index is 2.16. The Kier molecular flexibility index (Phi) is 2.71. The number of amides is 2. The summed E-state index contributed by atoms with van der Waals surface area (Å²) in [5, 5.41) is 4.11. The van der Waals surface area contributed by atoms with Gasteiger partial charge in [0, 0.05) is 11.6 Å². The molecule has 2 rings (SSSR count). The van der Waals surface area contributed by atoms with Gasteiger partial charge in [-0.25, -0.2) is 10.2 Å². The van der Waals surface area contributed by atoms with Crippen LogP contribution < -0.4 is 11.2 Å². The summed E-state index contributed by atoms with van der Waals surface area (Å²) in [5.41, 5.74) is 9.20. The summed E-state index contributed by atoms with van der Waals surface area (Å²) in [6, 6.07) is -0.585. The lowest BCUT2D eigenvalue weighted by Gasteiger charge is -2.34. The Morgan fingerprint density at radius 1 is 1.41 bits per heavy atom. The van der Waals surface area contributed by atoms with Crippen LogP contribution in [0.25, 0.3) is 0 Å². The Hall–Kier alpha value is -1.06. The molecule has 17 heavy (non-hydrogen) atoms. The summed E-state index contributed by atoms with van der Waals surface area (Å²) >= 11 is 0. The molecular formula is C13H23N3O. The van der Waals surface area contributed by atoms with Crippen molar-refractivity contribution in [3.05, 3.63) is 0 Å². The van der Waals surface area contributed by atoms with Crippen LogP contribution in [-0.4, -0.2) is 11.7 Å². The van der Waals surface area contributed by atoms with Crippen LogP contribution in [0.4, 0.5) is 4.79 Å². The van der Waals surface area contributed by atoms with Crippen LogP contribution in [0.3, 0.4) is 0 Å². The molecule has 2 aliphatic carbocycles. The van der Waals surface area contributed by atoms with Crippen molar-refractivity contribution in [3.8, 4) is 0 Å². The normalized spacial score (nSPS) is 39.4. The minimum absolute atomic E-state index is 0.376. The summed E-state index contributed by atoms with van der Waals surface area (Å²) in [6.07, 6.45) is 3.77. The van der Waals surface area contributed by atoms with Crippen LogP contribution in [0, 0.1) is 22.7 Å². The molecular weight excluding hydrogens is 214 g/mol. The van der Waals surface area contributed by atoms with E-state index in [1.165, 1.54) is 19.3 Å². The number of carbonyl (C=O) groups is 1. The molecule has 2 aliphatic rings. The molecule has 3 atom stereocenters. The van der Waals surface area contributed by atoms with Gasteiger partial charge in [-0.05, 0) is 42.9 Å². The fraction of sp³-hybridized carbons (Fsp3) is 0.846. The van der Waals surface area contributed by atoms with Gasteiger partial charge in [-0.3, -0.25) is 0 Å². The van der Waals surface area contributed by atoms with E-state index < -0.39 is 6.03 Å². The highest BCUT2D eigenvalue weighted by molar-refractivity contribution is 5.86. The molecule has 0 aromatic heterocycles. The molecule has 96 valence electrons. The van der Waals surface area contributed by atoms with Crippen molar-refractivity contribution in [3.63, 3.8) is 0 Å². The maximum atomic E-state index is 10.7. The molecule has 0 aromatic rings. The average Bonchev–Trinajstić information content (AvgIpc) is 2.57. The van der Waals surface area contributed by atoms with Crippen LogP contribution in [0.1, 0.15) is 47.0 Å². The van der Waals surface area contributed by atoms with E-state index in [0.717, 1.165) is 5.71 Å². The zero-order valence-corrected chi connectivity index (χ0v) is 11.2. The monoisotopic (exact) mass is 237 g/mol. The number of hydrazone groups is 1. The van der Waals surface area contributed by atoms with Gasteiger partial charge in [0.05, 0.1) is 0 Å². The third-order valence-electron chi connectivity index (χ3n) is 5.52. The van der Waals surface area contributed by atoms with Gasteiger partial charge in [0.2, 0.25) is 0 Å². The van der Waals surface area contributed by atoms with Crippen LogP contribution in [0.5, 0.6) is 0 Å². The third-order valence-corrected chi connectivity index (χ3v) is 5.52. The molecule has 3 N–H and O–H groups in total. The summed E-state index contributed by atoms with van der Waals surface area (Å²) in [5.74, 6) is 1.18. The fourth-order valence-electron chi connectivity index (χ4n) is 3.97. The maximum absolute atomic E-state index is 10.7. The number of rotatable bonds is 2. The third kappa shape index (κ3) is 1.74. The Morgan fingerprint density at radius 3 is 2.47 bits per heavy atom. The first-order valence-electron chi connectivity index (χ1n) is 6.37. The van der Waals surface area contributed by atoms with E-state index in [0.29, 0.717) is 22.7 Å². The molecule has 4 heteroatoms. The minimum atomic E-state index is -0.585. The number of nitrogens with zero attached hydrogens (tertiary/aromatic N) is 1. The first kappa shape index (κ1) is 12.4. The number of fused-ring (bicyclic) bond motifs is 2. The molecule has 2 fully saturated rings. The zero-order chi connectivity index (χ0) is 12.8. The molecule has 0 radical (unpaired) electrons. The average molecular weight is 237 g/mol. The van der Waals surface area contributed by atoms with Gasteiger partial charge < -0.3 is 5.73 Å². The number of nitrogens with one attached hydrogen (secondary N) is 1. The molecule has 0 saturated heterocycles. The lowest BCUT2D eigenvalue weighted by molar-refractivity contribution is 0.152. The first-order valence-corrected chi connectivity index (χ1v) is 6.37. The van der Waals surface area contributed by atoms with E-state index in [-0.39, 0.29) is 0 Å². The van der Waals surface area contributed by atoms with Crippen LogP contribution in [0.2, 0.25) is 0 Å². The fourth-order valence-corrected chi connectivity index (χ4v) is 3.97. The van der Waals surface area contributed by atoms with Crippen molar-refractivity contribution in [1.82, 2.24) is 5.43 Å².